The Kier molecular flexibility index (Phi) is 5.14. The molecule has 0 spiro atoms. The summed E-state index contributed by atoms with van der Waals surface area (Å²) in [6.07, 6.45) is 0. The van der Waals surface area contributed by atoms with Crippen molar-refractivity contribution in [1.29, 1.82) is 0 Å². The molecule has 0 aliphatic heterocycles. The third-order valence-corrected chi connectivity index (χ3v) is 0.587. The summed E-state index contributed by atoms with van der Waals surface area (Å²) < 4.78 is 4.82. The highest BCUT2D eigenvalue weighted by Crippen LogP contribution is 2.05. The van der Waals surface area contributed by atoms with E-state index >= 15 is 0 Å². The maximum atomic E-state index is 10.5. The number of carbonyl (C=O) groups is 1. The van der Waals surface area contributed by atoms with Crippen molar-refractivity contribution in [3.63, 3.8) is 0 Å². The Morgan fingerprint density at radius 2 is 1.90 bits per heavy atom. The second-order valence-corrected chi connectivity index (χ2v) is 2.79. The van der Waals surface area contributed by atoms with Crippen LogP contribution in [0.2, 0.25) is 0 Å². The highest BCUT2D eigenvalue weighted by Gasteiger charge is 2.13. The fourth-order valence-corrected chi connectivity index (χ4v) is 0.383. The van der Waals surface area contributed by atoms with Gasteiger partial charge in [0.15, 0.2) is 0 Å². The van der Waals surface area contributed by atoms with Crippen LogP contribution in [0.5, 0.6) is 0 Å². The monoisotopic (exact) mass is 148 g/mol. The van der Waals surface area contributed by atoms with Gasteiger partial charge in [-0.05, 0) is 20.8 Å². The van der Waals surface area contributed by atoms with Crippen LogP contribution in [-0.4, -0.2) is 18.1 Å². The summed E-state index contributed by atoms with van der Waals surface area (Å²) in [5.74, 6) is -0.359. The minimum atomic E-state index is -0.406. The van der Waals surface area contributed by atoms with Gasteiger partial charge in [-0.25, -0.2) is 0 Å². The van der Waals surface area contributed by atoms with E-state index in [0.29, 0.717) is 0 Å². The molecule has 0 heterocycles. The van der Waals surface area contributed by atoms with Crippen LogP contribution in [0, 0.1) is 0 Å². The van der Waals surface area contributed by atoms with Crippen molar-refractivity contribution in [2.45, 2.75) is 26.4 Å². The Bertz CT molecular complexity index is 107. The van der Waals surface area contributed by atoms with Crippen LogP contribution in [0.3, 0.4) is 0 Å². The van der Waals surface area contributed by atoms with E-state index in [0.717, 1.165) is 0 Å². The minimum Gasteiger partial charge on any atom is -0.459 e. The Morgan fingerprint density at radius 1 is 1.50 bits per heavy atom. The summed E-state index contributed by atoms with van der Waals surface area (Å²) in [5.41, 5.74) is 4.60. The minimum absolute atomic E-state index is 0. The fraction of sp³-hybridized carbons (Fsp3) is 0.833. The van der Waals surface area contributed by atoms with Crippen molar-refractivity contribution < 1.29 is 9.53 Å². The van der Waals surface area contributed by atoms with Crippen LogP contribution in [0.1, 0.15) is 20.8 Å². The van der Waals surface area contributed by atoms with E-state index in [9.17, 15) is 4.79 Å². The van der Waals surface area contributed by atoms with Crippen molar-refractivity contribution in [1.82, 2.24) is 6.15 Å². The fourth-order valence-electron chi connectivity index (χ4n) is 0.383. The van der Waals surface area contributed by atoms with Gasteiger partial charge in [-0.1, -0.05) is 0 Å². The summed E-state index contributed by atoms with van der Waals surface area (Å²) in [7, 11) is 0. The third-order valence-electron chi connectivity index (χ3n) is 0.587. The van der Waals surface area contributed by atoms with E-state index < -0.39 is 5.60 Å². The Labute approximate surface area is 61.3 Å². The van der Waals surface area contributed by atoms with Crippen molar-refractivity contribution in [3.05, 3.63) is 0 Å². The first kappa shape index (κ1) is 12.1. The highest BCUT2D eigenvalue weighted by atomic mass is 16.6. The van der Waals surface area contributed by atoms with Crippen molar-refractivity contribution in [2.75, 3.05) is 6.54 Å². The zero-order valence-electron chi connectivity index (χ0n) is 6.81. The van der Waals surface area contributed by atoms with E-state index in [1.54, 1.807) is 20.8 Å². The smallest absolute Gasteiger partial charge is 0.320 e. The van der Waals surface area contributed by atoms with Crippen molar-refractivity contribution in [3.8, 4) is 0 Å². The molecule has 10 heavy (non-hydrogen) atoms. The average molecular weight is 148 g/mol. The lowest BCUT2D eigenvalue weighted by Gasteiger charge is -2.18. The molecule has 0 atom stereocenters. The van der Waals surface area contributed by atoms with Crippen LogP contribution in [0.4, 0.5) is 0 Å². The van der Waals surface area contributed by atoms with Gasteiger partial charge < -0.3 is 16.6 Å². The first-order valence-corrected chi connectivity index (χ1v) is 2.87. The lowest BCUT2D eigenvalue weighted by atomic mass is 10.2. The van der Waals surface area contributed by atoms with Crippen LogP contribution in [0.15, 0.2) is 0 Å². The first-order valence-electron chi connectivity index (χ1n) is 2.87. The second-order valence-electron chi connectivity index (χ2n) is 2.79. The van der Waals surface area contributed by atoms with Gasteiger partial charge in [-0.2, -0.15) is 0 Å². The van der Waals surface area contributed by atoms with Crippen LogP contribution >= 0.6 is 0 Å². The topological polar surface area (TPSA) is 87.3 Å². The summed E-state index contributed by atoms with van der Waals surface area (Å²) >= 11 is 0. The largest absolute Gasteiger partial charge is 0.459 e. The normalized spacial score (nSPS) is 10.0. The Hall–Kier alpha value is -0.610. The number of rotatable bonds is 1. The second kappa shape index (κ2) is 4.24. The molecule has 0 saturated carbocycles. The van der Waals surface area contributed by atoms with Gasteiger partial charge in [-0.3, -0.25) is 4.79 Å². The van der Waals surface area contributed by atoms with Gasteiger partial charge in [0.25, 0.3) is 0 Å². The maximum absolute atomic E-state index is 10.5. The molecule has 4 heteroatoms. The number of nitrogens with two attached hydrogens (primary N) is 1. The van der Waals surface area contributed by atoms with Crippen molar-refractivity contribution >= 4 is 5.97 Å². The van der Waals surface area contributed by atoms with E-state index in [4.69, 9.17) is 10.5 Å². The molecular formula is C6H16N2O2. The molecule has 0 fully saturated rings. The Balaban J connectivity index is 0. The van der Waals surface area contributed by atoms with Gasteiger partial charge in [0, 0.05) is 0 Å². The first-order chi connectivity index (χ1) is 3.95. The maximum Gasteiger partial charge on any atom is 0.320 e. The molecule has 0 amide bonds. The lowest BCUT2D eigenvalue weighted by Crippen LogP contribution is -2.28. The van der Waals surface area contributed by atoms with Gasteiger partial charge in [-0.15, -0.1) is 0 Å². The average Bonchev–Trinajstić information content (AvgIpc) is 1.62. The summed E-state index contributed by atoms with van der Waals surface area (Å²) in [4.78, 5) is 10.5. The molecule has 0 aliphatic carbocycles. The van der Waals surface area contributed by atoms with E-state index in [1.165, 1.54) is 0 Å². The number of ether oxygens (including phenoxy) is 1. The van der Waals surface area contributed by atoms with Crippen LogP contribution in [0.25, 0.3) is 0 Å². The molecule has 0 aromatic heterocycles. The predicted octanol–water partition coefficient (Wildman–Crippen LogP) is 0.449. The molecule has 0 aliphatic rings. The van der Waals surface area contributed by atoms with Crippen LogP contribution in [-0.2, 0) is 9.53 Å². The molecule has 0 rings (SSSR count). The molecule has 0 aromatic rings. The molecule has 62 valence electrons. The van der Waals surface area contributed by atoms with Crippen molar-refractivity contribution in [2.24, 2.45) is 5.73 Å². The molecule has 0 saturated heterocycles. The van der Waals surface area contributed by atoms with Gasteiger partial charge in [0.1, 0.15) is 5.60 Å². The van der Waals surface area contributed by atoms with E-state index in [2.05, 4.69) is 0 Å². The molecule has 0 radical (unpaired) electrons. The van der Waals surface area contributed by atoms with E-state index in [1.807, 2.05) is 0 Å². The van der Waals surface area contributed by atoms with Gasteiger partial charge in [0.2, 0.25) is 0 Å². The lowest BCUT2D eigenvalue weighted by molar-refractivity contribution is -0.152. The molecule has 0 bridgehead atoms. The van der Waals surface area contributed by atoms with E-state index in [-0.39, 0.29) is 18.7 Å². The zero-order chi connectivity index (χ0) is 7.49. The quantitative estimate of drug-likeness (QED) is 0.528. The van der Waals surface area contributed by atoms with Crippen LogP contribution < -0.4 is 11.9 Å². The number of hydrogen-bond acceptors (Lipinski definition) is 4. The highest BCUT2D eigenvalue weighted by molar-refractivity contribution is 5.71. The Morgan fingerprint density at radius 3 is 2.00 bits per heavy atom. The number of esters is 1. The van der Waals surface area contributed by atoms with Gasteiger partial charge >= 0.3 is 5.97 Å². The zero-order valence-corrected chi connectivity index (χ0v) is 6.81. The molecular weight excluding hydrogens is 132 g/mol. The number of carbonyl (C=O) groups excluding carboxylic acids is 1. The molecule has 5 N–H and O–H groups in total. The predicted molar refractivity (Wildman–Crippen MR) is 39.9 cm³/mol. The van der Waals surface area contributed by atoms with Gasteiger partial charge in [0.05, 0.1) is 6.54 Å². The third kappa shape index (κ3) is 7.39. The number of hydrogen-bond donors (Lipinski definition) is 2. The standard InChI is InChI=1S/C6H13NO2.H3N/c1-6(2,3)9-5(8)4-7;/h4,7H2,1-3H3;1H3. The SMILES string of the molecule is CC(C)(C)OC(=O)CN.N. The summed E-state index contributed by atoms with van der Waals surface area (Å²) in [6.45, 7) is 5.37. The summed E-state index contributed by atoms with van der Waals surface area (Å²) in [5, 5.41) is 0. The molecule has 0 aromatic carbocycles. The molecule has 4 nitrogen and oxygen atoms in total. The molecule has 0 unspecified atom stereocenters. The summed E-state index contributed by atoms with van der Waals surface area (Å²) in [6, 6.07) is 0.